The predicted molar refractivity (Wildman–Crippen MR) is 103 cm³/mol. The van der Waals surface area contributed by atoms with E-state index in [9.17, 15) is 4.79 Å². The number of likely N-dealkylation sites (tertiary alicyclic amines) is 1. The Kier molecular flexibility index (Phi) is 4.42. The zero-order chi connectivity index (χ0) is 19.3. The molecule has 7 nitrogen and oxygen atoms in total. The van der Waals surface area contributed by atoms with Gasteiger partial charge in [-0.25, -0.2) is 9.97 Å². The largest absolute Gasteiger partial charge is 0.360 e. The van der Waals surface area contributed by atoms with Gasteiger partial charge in [-0.05, 0) is 38.6 Å². The number of fused-ring (bicyclic) bond motifs is 2. The Hall–Kier alpha value is -2.28. The number of likely N-dealkylation sites (N-methyl/N-ethyl adjacent to an activating group) is 1. The highest BCUT2D eigenvalue weighted by atomic mass is 16.5. The summed E-state index contributed by atoms with van der Waals surface area (Å²) in [5.74, 6) is 2.21. The topological polar surface area (TPSA) is 75.4 Å². The Bertz CT molecular complexity index is 908. The van der Waals surface area contributed by atoms with Crippen LogP contribution < -0.4 is 0 Å². The normalized spacial score (nSPS) is 24.9. The maximum absolute atomic E-state index is 13.3. The number of hydrogen-bond acceptors (Lipinski definition) is 6. The summed E-state index contributed by atoms with van der Waals surface area (Å²) in [4.78, 5) is 27.1. The molecule has 0 N–H and O–H groups in total. The fourth-order valence-corrected chi connectivity index (χ4v) is 4.79. The monoisotopic (exact) mass is 381 g/mol. The highest BCUT2D eigenvalue weighted by molar-refractivity contribution is 5.94. The number of aromatic nitrogens is 3. The average molecular weight is 381 g/mol. The van der Waals surface area contributed by atoms with Crippen LogP contribution in [0.4, 0.5) is 0 Å². The van der Waals surface area contributed by atoms with Crippen LogP contribution in [-0.2, 0) is 25.8 Å². The second-order valence-electron chi connectivity index (χ2n) is 8.63. The predicted octanol–water partition coefficient (Wildman–Crippen LogP) is 2.55. The molecule has 4 heterocycles. The standard InChI is InChI=1S/C21H27N5O2/c1-13-5-6-18-15(10-13)19(24-28-18)21(27)26-8-3-4-17(26)20-22-11-14-12-25(2)9-7-16(14)23-20/h11,13,17H,3-10,12H2,1-2H3/t13-,17-/m1/s1. The molecule has 2 aromatic rings. The van der Waals surface area contributed by atoms with Crippen molar-refractivity contribution in [1.29, 1.82) is 0 Å². The lowest BCUT2D eigenvalue weighted by Crippen LogP contribution is -2.33. The van der Waals surface area contributed by atoms with Gasteiger partial charge in [0.2, 0.25) is 0 Å². The number of hydrogen-bond donors (Lipinski definition) is 0. The summed E-state index contributed by atoms with van der Waals surface area (Å²) in [5, 5.41) is 4.17. The number of carbonyl (C=O) groups excluding carboxylic acids is 1. The zero-order valence-corrected chi connectivity index (χ0v) is 16.6. The van der Waals surface area contributed by atoms with Gasteiger partial charge in [-0.15, -0.1) is 0 Å². The summed E-state index contributed by atoms with van der Waals surface area (Å²) in [5.41, 5.74) is 3.86. The van der Waals surface area contributed by atoms with Crippen molar-refractivity contribution in [3.63, 3.8) is 0 Å². The molecule has 7 heteroatoms. The van der Waals surface area contributed by atoms with Crippen molar-refractivity contribution in [1.82, 2.24) is 24.9 Å². The molecule has 0 bridgehead atoms. The van der Waals surface area contributed by atoms with Gasteiger partial charge >= 0.3 is 0 Å². The average Bonchev–Trinajstić information content (AvgIpc) is 3.34. The third-order valence-electron chi connectivity index (χ3n) is 6.44. The molecule has 3 aliphatic rings. The number of nitrogens with zero attached hydrogens (tertiary/aromatic N) is 5. The molecular weight excluding hydrogens is 354 g/mol. The third kappa shape index (κ3) is 3.02. The Balaban J connectivity index is 1.42. The molecule has 0 saturated carbocycles. The van der Waals surface area contributed by atoms with Gasteiger partial charge in [0.25, 0.3) is 5.91 Å². The van der Waals surface area contributed by atoms with Crippen LogP contribution >= 0.6 is 0 Å². The lowest BCUT2D eigenvalue weighted by atomic mass is 9.88. The van der Waals surface area contributed by atoms with Gasteiger partial charge < -0.3 is 14.3 Å². The molecule has 1 aliphatic carbocycles. The second-order valence-corrected chi connectivity index (χ2v) is 8.63. The molecule has 0 radical (unpaired) electrons. The van der Waals surface area contributed by atoms with Crippen molar-refractivity contribution >= 4 is 5.91 Å². The fraction of sp³-hybridized carbons (Fsp3) is 0.619. The van der Waals surface area contributed by atoms with Crippen molar-refractivity contribution in [3.8, 4) is 0 Å². The Morgan fingerprint density at radius 1 is 1.25 bits per heavy atom. The summed E-state index contributed by atoms with van der Waals surface area (Å²) in [6, 6.07) is -0.0641. The summed E-state index contributed by atoms with van der Waals surface area (Å²) in [6.07, 6.45) is 7.62. The summed E-state index contributed by atoms with van der Waals surface area (Å²) >= 11 is 0. The zero-order valence-electron chi connectivity index (χ0n) is 16.6. The minimum Gasteiger partial charge on any atom is -0.360 e. The van der Waals surface area contributed by atoms with E-state index < -0.39 is 0 Å². The van der Waals surface area contributed by atoms with E-state index in [2.05, 4.69) is 29.0 Å². The van der Waals surface area contributed by atoms with Gasteiger partial charge in [0.1, 0.15) is 5.76 Å². The van der Waals surface area contributed by atoms with Gasteiger partial charge in [-0.1, -0.05) is 12.1 Å². The molecule has 2 aliphatic heterocycles. The lowest BCUT2D eigenvalue weighted by molar-refractivity contribution is 0.0718. The summed E-state index contributed by atoms with van der Waals surface area (Å²) in [7, 11) is 2.12. The summed E-state index contributed by atoms with van der Waals surface area (Å²) in [6.45, 7) is 4.86. The number of amides is 1. The first-order valence-corrected chi connectivity index (χ1v) is 10.4. The highest BCUT2D eigenvalue weighted by Crippen LogP contribution is 2.34. The van der Waals surface area contributed by atoms with Crippen LogP contribution in [0, 0.1) is 5.92 Å². The van der Waals surface area contributed by atoms with Crippen molar-refractivity contribution < 1.29 is 9.32 Å². The maximum atomic E-state index is 13.3. The molecule has 28 heavy (non-hydrogen) atoms. The molecule has 2 atom stereocenters. The van der Waals surface area contributed by atoms with Crippen molar-refractivity contribution in [2.45, 2.75) is 58.0 Å². The highest BCUT2D eigenvalue weighted by Gasteiger charge is 2.37. The van der Waals surface area contributed by atoms with Crippen LogP contribution in [0.1, 0.15) is 71.1 Å². The van der Waals surface area contributed by atoms with Gasteiger partial charge in [-0.2, -0.15) is 0 Å². The first-order chi connectivity index (χ1) is 13.6. The SMILES string of the molecule is C[C@@H]1CCc2onc(C(=O)N3CCC[C@@H]3c3ncc4c(n3)CCN(C)C4)c2C1. The van der Waals surface area contributed by atoms with E-state index in [1.807, 2.05) is 11.1 Å². The molecule has 2 aromatic heterocycles. The van der Waals surface area contributed by atoms with Crippen LogP contribution in [0.2, 0.25) is 0 Å². The van der Waals surface area contributed by atoms with Crippen molar-refractivity contribution in [2.24, 2.45) is 5.92 Å². The Morgan fingerprint density at radius 2 is 2.14 bits per heavy atom. The fourth-order valence-electron chi connectivity index (χ4n) is 4.79. The van der Waals surface area contributed by atoms with Gasteiger partial charge in [0.05, 0.1) is 6.04 Å². The molecule has 148 valence electrons. The molecule has 1 fully saturated rings. The summed E-state index contributed by atoms with van der Waals surface area (Å²) < 4.78 is 5.51. The van der Waals surface area contributed by atoms with Gasteiger partial charge in [0.15, 0.2) is 11.5 Å². The van der Waals surface area contributed by atoms with E-state index >= 15 is 0 Å². The van der Waals surface area contributed by atoms with Crippen LogP contribution in [0.15, 0.2) is 10.7 Å². The molecule has 1 amide bonds. The number of aryl methyl sites for hydroxylation is 1. The van der Waals surface area contributed by atoms with Crippen LogP contribution in [0.5, 0.6) is 0 Å². The quantitative estimate of drug-likeness (QED) is 0.796. The second kappa shape index (κ2) is 6.95. The van der Waals surface area contributed by atoms with Gasteiger partial charge in [0, 0.05) is 55.5 Å². The number of carbonyl (C=O) groups is 1. The van der Waals surface area contributed by atoms with Gasteiger partial charge in [-0.3, -0.25) is 4.79 Å². The van der Waals surface area contributed by atoms with Crippen LogP contribution in [-0.4, -0.2) is 51.0 Å². The maximum Gasteiger partial charge on any atom is 0.276 e. The molecule has 0 unspecified atom stereocenters. The first-order valence-electron chi connectivity index (χ1n) is 10.4. The van der Waals surface area contributed by atoms with E-state index in [4.69, 9.17) is 9.51 Å². The minimum atomic E-state index is -0.0641. The third-order valence-corrected chi connectivity index (χ3v) is 6.44. The van der Waals surface area contributed by atoms with E-state index in [1.165, 1.54) is 5.56 Å². The number of rotatable bonds is 2. The molecule has 0 aromatic carbocycles. The Labute approximate surface area is 165 Å². The molecular formula is C21H27N5O2. The van der Waals surface area contributed by atoms with E-state index in [0.29, 0.717) is 11.6 Å². The van der Waals surface area contributed by atoms with Crippen molar-refractivity contribution in [2.75, 3.05) is 20.1 Å². The van der Waals surface area contributed by atoms with E-state index in [-0.39, 0.29) is 11.9 Å². The smallest absolute Gasteiger partial charge is 0.276 e. The molecule has 5 rings (SSSR count). The van der Waals surface area contributed by atoms with E-state index in [1.54, 1.807) is 0 Å². The lowest BCUT2D eigenvalue weighted by Gasteiger charge is -2.27. The van der Waals surface area contributed by atoms with Crippen LogP contribution in [0.3, 0.4) is 0 Å². The van der Waals surface area contributed by atoms with Crippen molar-refractivity contribution in [3.05, 3.63) is 40.3 Å². The van der Waals surface area contributed by atoms with Crippen LogP contribution in [0.25, 0.3) is 0 Å². The Morgan fingerprint density at radius 3 is 3.04 bits per heavy atom. The molecule has 1 saturated heterocycles. The molecule has 0 spiro atoms. The first kappa shape index (κ1) is 17.8. The van der Waals surface area contributed by atoms with E-state index in [0.717, 1.165) is 81.0 Å². The minimum absolute atomic E-state index is 0.0253.